The number of halogens is 4. The lowest BCUT2D eigenvalue weighted by atomic mass is 9.77. The van der Waals surface area contributed by atoms with Crippen molar-refractivity contribution in [3.63, 3.8) is 0 Å². The number of hydrogen-bond acceptors (Lipinski definition) is 1. The van der Waals surface area contributed by atoms with Gasteiger partial charge in [-0.2, -0.15) is 8.78 Å². The molecule has 0 spiro atoms. The molecule has 1 rings (SSSR count). The molecule has 0 aromatic heterocycles. The second-order valence-corrected chi connectivity index (χ2v) is 2.27. The van der Waals surface area contributed by atoms with Crippen molar-refractivity contribution in [1.29, 1.82) is 0 Å². The van der Waals surface area contributed by atoms with E-state index in [4.69, 9.17) is 0 Å². The van der Waals surface area contributed by atoms with Gasteiger partial charge in [-0.05, 0) is 0 Å². The Hall–Kier alpha value is -0.610. The van der Waals surface area contributed by atoms with Gasteiger partial charge in [0.15, 0.2) is 12.5 Å². The predicted octanol–water partition coefficient (Wildman–Crippen LogP) is 1.27. The maximum atomic E-state index is 12.3. The van der Waals surface area contributed by atoms with Crippen molar-refractivity contribution >= 4 is 6.29 Å². The molecule has 0 aliphatic heterocycles. The van der Waals surface area contributed by atoms with Crippen LogP contribution in [0.25, 0.3) is 0 Å². The molecule has 0 aromatic rings. The van der Waals surface area contributed by atoms with Crippen LogP contribution in [-0.4, -0.2) is 24.0 Å². The first kappa shape index (κ1) is 7.50. The minimum Gasteiger partial charge on any atom is -0.300 e. The molecule has 0 radical (unpaired) electrons. The molecule has 1 aliphatic carbocycles. The Morgan fingerprint density at radius 3 is 2.00 bits per heavy atom. The van der Waals surface area contributed by atoms with Crippen molar-refractivity contribution in [2.45, 2.75) is 24.2 Å². The fourth-order valence-electron chi connectivity index (χ4n) is 0.781. The summed E-state index contributed by atoms with van der Waals surface area (Å²) >= 11 is 0. The van der Waals surface area contributed by atoms with Crippen LogP contribution in [0.15, 0.2) is 0 Å². The fraction of sp³-hybridized carbons (Fsp3) is 0.800. The van der Waals surface area contributed by atoms with Gasteiger partial charge in [-0.3, -0.25) is 4.79 Å². The van der Waals surface area contributed by atoms with Crippen molar-refractivity contribution in [2.75, 3.05) is 0 Å². The number of aldehydes is 1. The van der Waals surface area contributed by atoms with Crippen LogP contribution in [0.3, 0.4) is 0 Å². The van der Waals surface area contributed by atoms with Crippen LogP contribution in [0.1, 0.15) is 6.42 Å². The number of carbonyl (C=O) groups excluding carboxylic acids is 1. The highest BCUT2D eigenvalue weighted by Gasteiger charge is 2.71. The number of hydrogen-bond donors (Lipinski definition) is 0. The van der Waals surface area contributed by atoms with Gasteiger partial charge in [0.1, 0.15) is 0 Å². The summed E-state index contributed by atoms with van der Waals surface area (Å²) in [5, 5.41) is 0. The average Bonchev–Trinajstić information content (AvgIpc) is 1.88. The zero-order valence-corrected chi connectivity index (χ0v) is 4.78. The van der Waals surface area contributed by atoms with Crippen LogP contribution in [0.4, 0.5) is 17.6 Å². The standard InChI is InChI=1S/C5H4F4O/c6-3-1-4(7,2-10)5(3,8)9/h2-3H,1H2. The summed E-state index contributed by atoms with van der Waals surface area (Å²) < 4.78 is 48.1. The highest BCUT2D eigenvalue weighted by atomic mass is 19.3. The zero-order chi connectivity index (χ0) is 7.99. The Labute approximate surface area is 54.0 Å². The van der Waals surface area contributed by atoms with E-state index in [1.807, 2.05) is 0 Å². The van der Waals surface area contributed by atoms with E-state index in [9.17, 15) is 22.4 Å². The van der Waals surface area contributed by atoms with Crippen LogP contribution in [-0.2, 0) is 4.79 Å². The van der Waals surface area contributed by atoms with Crippen LogP contribution < -0.4 is 0 Å². The van der Waals surface area contributed by atoms with E-state index in [0.29, 0.717) is 0 Å². The van der Waals surface area contributed by atoms with E-state index in [1.54, 1.807) is 0 Å². The lowest BCUT2D eigenvalue weighted by molar-refractivity contribution is -0.242. The molecule has 5 heteroatoms. The smallest absolute Gasteiger partial charge is 0.300 e. The average molecular weight is 156 g/mol. The maximum Gasteiger partial charge on any atom is 0.318 e. The third kappa shape index (κ3) is 0.602. The van der Waals surface area contributed by atoms with Crippen LogP contribution in [0, 0.1) is 0 Å². The molecule has 0 aromatic carbocycles. The fourth-order valence-corrected chi connectivity index (χ4v) is 0.781. The molecule has 1 nitrogen and oxygen atoms in total. The number of carbonyl (C=O) groups is 1. The first-order valence-corrected chi connectivity index (χ1v) is 2.61. The highest BCUT2D eigenvalue weighted by molar-refractivity contribution is 5.67. The van der Waals surface area contributed by atoms with E-state index in [-0.39, 0.29) is 0 Å². The van der Waals surface area contributed by atoms with Crippen LogP contribution in [0.5, 0.6) is 0 Å². The quantitative estimate of drug-likeness (QED) is 0.412. The molecule has 0 saturated heterocycles. The van der Waals surface area contributed by atoms with E-state index in [0.717, 1.165) is 0 Å². The molecule has 58 valence electrons. The summed E-state index contributed by atoms with van der Waals surface area (Å²) in [4.78, 5) is 9.65. The molecule has 2 atom stereocenters. The third-order valence-corrected chi connectivity index (χ3v) is 1.61. The lowest BCUT2D eigenvalue weighted by Crippen LogP contribution is -2.64. The predicted molar refractivity (Wildman–Crippen MR) is 24.4 cm³/mol. The maximum absolute atomic E-state index is 12.3. The van der Waals surface area contributed by atoms with E-state index in [2.05, 4.69) is 0 Å². The monoisotopic (exact) mass is 156 g/mol. The van der Waals surface area contributed by atoms with Gasteiger partial charge in [-0.1, -0.05) is 0 Å². The van der Waals surface area contributed by atoms with Crippen LogP contribution in [0.2, 0.25) is 0 Å². The largest absolute Gasteiger partial charge is 0.318 e. The second kappa shape index (κ2) is 1.71. The number of rotatable bonds is 1. The topological polar surface area (TPSA) is 17.1 Å². The summed E-state index contributed by atoms with van der Waals surface area (Å²) in [6, 6.07) is 0. The summed E-state index contributed by atoms with van der Waals surface area (Å²) in [6.07, 6.45) is -4.07. The highest BCUT2D eigenvalue weighted by Crippen LogP contribution is 2.50. The van der Waals surface area contributed by atoms with Gasteiger partial charge in [-0.15, -0.1) is 0 Å². The Morgan fingerprint density at radius 2 is 1.90 bits per heavy atom. The molecule has 1 fully saturated rings. The molecule has 0 N–H and O–H groups in total. The molecular formula is C5H4F4O. The molecule has 0 bridgehead atoms. The number of alkyl halides is 4. The van der Waals surface area contributed by atoms with Crippen LogP contribution >= 0.6 is 0 Å². The Morgan fingerprint density at radius 1 is 1.40 bits per heavy atom. The molecular weight excluding hydrogens is 152 g/mol. The molecule has 1 saturated carbocycles. The van der Waals surface area contributed by atoms with Crippen molar-refractivity contribution in [3.05, 3.63) is 0 Å². The van der Waals surface area contributed by atoms with Gasteiger partial charge in [0.2, 0.25) is 5.67 Å². The van der Waals surface area contributed by atoms with Crippen molar-refractivity contribution in [3.8, 4) is 0 Å². The van der Waals surface area contributed by atoms with Gasteiger partial charge in [-0.25, -0.2) is 8.78 Å². The molecule has 10 heavy (non-hydrogen) atoms. The molecule has 0 amide bonds. The first-order valence-electron chi connectivity index (χ1n) is 2.61. The SMILES string of the molecule is O=CC1(F)CC(F)C1(F)F. The van der Waals surface area contributed by atoms with Gasteiger partial charge < -0.3 is 0 Å². The second-order valence-electron chi connectivity index (χ2n) is 2.27. The van der Waals surface area contributed by atoms with Crippen molar-refractivity contribution in [1.82, 2.24) is 0 Å². The Balaban J connectivity index is 2.80. The van der Waals surface area contributed by atoms with Gasteiger partial charge in [0, 0.05) is 6.42 Å². The minimum atomic E-state index is -4.12. The van der Waals surface area contributed by atoms with E-state index in [1.165, 1.54) is 0 Å². The van der Waals surface area contributed by atoms with Gasteiger partial charge >= 0.3 is 5.92 Å². The molecule has 0 heterocycles. The minimum absolute atomic E-state index is 0.539. The van der Waals surface area contributed by atoms with Crippen molar-refractivity contribution in [2.24, 2.45) is 0 Å². The summed E-state index contributed by atoms with van der Waals surface area (Å²) in [5.41, 5.74) is -3.26. The summed E-state index contributed by atoms with van der Waals surface area (Å²) in [6.45, 7) is 0. The molecule has 1 aliphatic rings. The zero-order valence-electron chi connectivity index (χ0n) is 4.78. The van der Waals surface area contributed by atoms with Crippen molar-refractivity contribution < 1.29 is 22.4 Å². The normalized spacial score (nSPS) is 44.2. The third-order valence-electron chi connectivity index (χ3n) is 1.61. The van der Waals surface area contributed by atoms with Gasteiger partial charge in [0.25, 0.3) is 0 Å². The molecule has 2 unspecified atom stereocenters. The summed E-state index contributed by atoms with van der Waals surface area (Å²) in [5.74, 6) is -4.12. The Kier molecular flexibility index (Phi) is 1.28. The van der Waals surface area contributed by atoms with Gasteiger partial charge in [0.05, 0.1) is 0 Å². The summed E-state index contributed by atoms with van der Waals surface area (Å²) in [7, 11) is 0. The Bertz CT molecular complexity index is 169. The van der Waals surface area contributed by atoms with E-state index >= 15 is 0 Å². The first-order chi connectivity index (χ1) is 4.44. The van der Waals surface area contributed by atoms with E-state index < -0.39 is 30.5 Å². The lowest BCUT2D eigenvalue weighted by Gasteiger charge is -2.41.